The van der Waals surface area contributed by atoms with Gasteiger partial charge in [-0.15, -0.1) is 0 Å². The molecule has 1 radical (unpaired) electrons. The monoisotopic (exact) mass is 153 g/mol. The first-order valence-corrected chi connectivity index (χ1v) is 2.97. The highest BCUT2D eigenvalue weighted by atomic mass is 19.4. The fraction of sp³-hybridized carbons (Fsp3) is 0.833. The molecule has 0 aromatic heterocycles. The Balaban J connectivity index is 2.57. The smallest absolute Gasteiger partial charge is 0.380 e. The highest BCUT2D eigenvalue weighted by molar-refractivity contribution is 5.00. The third-order valence-corrected chi connectivity index (χ3v) is 1.78. The largest absolute Gasteiger partial charge is 0.417 e. The third kappa shape index (κ3) is 1.00. The summed E-state index contributed by atoms with van der Waals surface area (Å²) in [6, 6.07) is 0. The summed E-state index contributed by atoms with van der Waals surface area (Å²) in [6.45, 7) is 3.39. The van der Waals surface area contributed by atoms with Crippen LogP contribution < -0.4 is 0 Å². The Morgan fingerprint density at radius 3 is 1.90 bits per heavy atom. The number of hydrogen-bond donors (Lipinski definition) is 1. The minimum atomic E-state index is -4.47. The molecule has 1 aliphatic carbocycles. The van der Waals surface area contributed by atoms with Gasteiger partial charge in [0.05, 0.1) is 0 Å². The maximum atomic E-state index is 11.8. The lowest BCUT2D eigenvalue weighted by atomic mass is 9.71. The van der Waals surface area contributed by atoms with E-state index in [9.17, 15) is 13.2 Å². The van der Waals surface area contributed by atoms with Crippen LogP contribution in [0.1, 0.15) is 12.8 Å². The van der Waals surface area contributed by atoms with Crippen molar-refractivity contribution in [3.63, 3.8) is 0 Å². The molecule has 0 aromatic carbocycles. The highest BCUT2D eigenvalue weighted by Crippen LogP contribution is 2.47. The van der Waals surface area contributed by atoms with Gasteiger partial charge in [0.25, 0.3) is 0 Å². The van der Waals surface area contributed by atoms with Gasteiger partial charge in [0.2, 0.25) is 0 Å². The van der Waals surface area contributed by atoms with Gasteiger partial charge in [0.15, 0.2) is 5.60 Å². The summed E-state index contributed by atoms with van der Waals surface area (Å²) in [5.41, 5.74) is -2.43. The molecule has 0 spiro atoms. The minimum absolute atomic E-state index is 0.244. The van der Waals surface area contributed by atoms with E-state index in [1.165, 1.54) is 0 Å². The van der Waals surface area contributed by atoms with Gasteiger partial charge in [0.1, 0.15) is 0 Å². The summed E-state index contributed by atoms with van der Waals surface area (Å²) < 4.78 is 35.3. The van der Waals surface area contributed by atoms with Crippen molar-refractivity contribution in [3.05, 3.63) is 6.92 Å². The van der Waals surface area contributed by atoms with Crippen molar-refractivity contribution in [1.29, 1.82) is 0 Å². The van der Waals surface area contributed by atoms with E-state index in [-0.39, 0.29) is 18.8 Å². The Morgan fingerprint density at radius 1 is 1.40 bits per heavy atom. The zero-order valence-electron chi connectivity index (χ0n) is 5.28. The molecule has 0 saturated heterocycles. The average molecular weight is 153 g/mol. The van der Waals surface area contributed by atoms with Gasteiger partial charge in [-0.05, 0) is 25.7 Å². The topological polar surface area (TPSA) is 20.2 Å². The number of hydrogen-bond acceptors (Lipinski definition) is 1. The molecule has 10 heavy (non-hydrogen) atoms. The Bertz CT molecular complexity index is 134. The second-order valence-electron chi connectivity index (χ2n) is 2.80. The van der Waals surface area contributed by atoms with Gasteiger partial charge in [-0.2, -0.15) is 13.2 Å². The molecular weight excluding hydrogens is 145 g/mol. The van der Waals surface area contributed by atoms with Gasteiger partial charge in [-0.25, -0.2) is 0 Å². The van der Waals surface area contributed by atoms with E-state index in [1.54, 1.807) is 0 Å². The molecule has 0 amide bonds. The maximum Gasteiger partial charge on any atom is 0.417 e. The quantitative estimate of drug-likeness (QED) is 0.559. The van der Waals surface area contributed by atoms with Gasteiger partial charge in [-0.3, -0.25) is 0 Å². The van der Waals surface area contributed by atoms with Gasteiger partial charge in [0, 0.05) is 0 Å². The molecule has 1 saturated carbocycles. The van der Waals surface area contributed by atoms with Gasteiger partial charge < -0.3 is 5.11 Å². The highest BCUT2D eigenvalue weighted by Gasteiger charge is 2.59. The summed E-state index contributed by atoms with van der Waals surface area (Å²) in [4.78, 5) is 0. The number of alkyl halides is 3. The van der Waals surface area contributed by atoms with E-state index in [2.05, 4.69) is 6.92 Å². The first kappa shape index (κ1) is 7.85. The van der Waals surface area contributed by atoms with E-state index >= 15 is 0 Å². The molecule has 0 aliphatic heterocycles. The van der Waals surface area contributed by atoms with E-state index < -0.39 is 11.8 Å². The molecule has 1 fully saturated rings. The lowest BCUT2D eigenvalue weighted by Gasteiger charge is -2.42. The summed E-state index contributed by atoms with van der Waals surface area (Å²) in [5, 5.41) is 8.75. The van der Waals surface area contributed by atoms with Crippen molar-refractivity contribution in [3.8, 4) is 0 Å². The van der Waals surface area contributed by atoms with Crippen molar-refractivity contribution >= 4 is 0 Å². The van der Waals surface area contributed by atoms with Crippen molar-refractivity contribution in [2.75, 3.05) is 0 Å². The Morgan fingerprint density at radius 2 is 1.80 bits per heavy atom. The normalized spacial score (nSPS) is 41.1. The third-order valence-electron chi connectivity index (χ3n) is 1.78. The first-order chi connectivity index (χ1) is 4.35. The van der Waals surface area contributed by atoms with Gasteiger partial charge in [-0.1, -0.05) is 0 Å². The number of halogens is 3. The maximum absolute atomic E-state index is 11.8. The van der Waals surface area contributed by atoms with Crippen LogP contribution in [-0.4, -0.2) is 16.9 Å². The molecule has 4 heteroatoms. The molecule has 1 rings (SSSR count). The summed E-state index contributed by atoms with van der Waals surface area (Å²) >= 11 is 0. The van der Waals surface area contributed by atoms with E-state index in [0.29, 0.717) is 0 Å². The number of rotatable bonds is 0. The van der Waals surface area contributed by atoms with Crippen LogP contribution in [0, 0.1) is 12.8 Å². The van der Waals surface area contributed by atoms with Crippen LogP contribution in [0.2, 0.25) is 0 Å². The Hall–Kier alpha value is -0.250. The van der Waals surface area contributed by atoms with Crippen LogP contribution in [0.5, 0.6) is 0 Å². The van der Waals surface area contributed by atoms with Crippen LogP contribution in [0.3, 0.4) is 0 Å². The van der Waals surface area contributed by atoms with E-state index in [0.717, 1.165) is 0 Å². The van der Waals surface area contributed by atoms with Crippen molar-refractivity contribution in [2.24, 2.45) is 5.92 Å². The molecule has 0 unspecified atom stereocenters. The second kappa shape index (κ2) is 1.87. The first-order valence-electron chi connectivity index (χ1n) is 2.97. The fourth-order valence-electron chi connectivity index (χ4n) is 1.13. The molecule has 0 aromatic rings. The van der Waals surface area contributed by atoms with Gasteiger partial charge >= 0.3 is 6.18 Å². The SMILES string of the molecule is [CH2]C1CC(O)(C(F)(F)F)C1. The predicted molar refractivity (Wildman–Crippen MR) is 29.1 cm³/mol. The van der Waals surface area contributed by atoms with Crippen LogP contribution in [0.15, 0.2) is 0 Å². The fourth-order valence-corrected chi connectivity index (χ4v) is 1.13. The number of aliphatic hydroxyl groups is 1. The second-order valence-corrected chi connectivity index (χ2v) is 2.80. The van der Waals surface area contributed by atoms with E-state index in [1.807, 2.05) is 0 Å². The lowest BCUT2D eigenvalue weighted by Crippen LogP contribution is -2.54. The Labute approximate surface area is 56.8 Å². The van der Waals surface area contributed by atoms with Crippen molar-refractivity contribution in [1.82, 2.24) is 0 Å². The zero-order chi connectivity index (χ0) is 7.99. The molecular formula is C6H8F3O. The summed E-state index contributed by atoms with van der Waals surface area (Å²) in [6.07, 6.45) is -4.98. The Kier molecular flexibility index (Phi) is 1.47. The van der Waals surface area contributed by atoms with Crippen molar-refractivity contribution in [2.45, 2.75) is 24.6 Å². The zero-order valence-corrected chi connectivity index (χ0v) is 5.28. The standard InChI is InChI=1S/C6H8F3O/c1-4-2-5(10,3-4)6(7,8)9/h4,10H,1-3H2. The van der Waals surface area contributed by atoms with Crippen molar-refractivity contribution < 1.29 is 18.3 Å². The van der Waals surface area contributed by atoms with Crippen LogP contribution in [0.25, 0.3) is 0 Å². The summed E-state index contributed by atoms with van der Waals surface area (Å²) in [7, 11) is 0. The van der Waals surface area contributed by atoms with Crippen LogP contribution in [0.4, 0.5) is 13.2 Å². The summed E-state index contributed by atoms with van der Waals surface area (Å²) in [5.74, 6) is -0.244. The minimum Gasteiger partial charge on any atom is -0.380 e. The molecule has 1 nitrogen and oxygen atoms in total. The molecule has 0 atom stereocenters. The lowest BCUT2D eigenvalue weighted by molar-refractivity contribution is -0.295. The molecule has 0 heterocycles. The molecule has 59 valence electrons. The van der Waals surface area contributed by atoms with Crippen LogP contribution in [-0.2, 0) is 0 Å². The molecule has 0 bridgehead atoms. The molecule has 1 N–H and O–H groups in total. The average Bonchev–Trinajstić information content (AvgIpc) is 1.58. The van der Waals surface area contributed by atoms with Crippen LogP contribution >= 0.6 is 0 Å². The predicted octanol–water partition coefficient (Wildman–Crippen LogP) is 1.52. The van der Waals surface area contributed by atoms with E-state index in [4.69, 9.17) is 5.11 Å². The molecule has 1 aliphatic rings.